The molecule has 1 fully saturated rings. The van der Waals surface area contributed by atoms with Crippen molar-refractivity contribution in [1.82, 2.24) is 10.2 Å². The van der Waals surface area contributed by atoms with Crippen molar-refractivity contribution in [3.63, 3.8) is 0 Å². The van der Waals surface area contributed by atoms with Gasteiger partial charge in [0.2, 0.25) is 0 Å². The monoisotopic (exact) mass is 410 g/mol. The first-order valence-electron chi connectivity index (χ1n) is 10.3. The molecule has 0 radical (unpaired) electrons. The van der Waals surface area contributed by atoms with Crippen molar-refractivity contribution in [2.24, 2.45) is 5.92 Å². The Hall–Kier alpha value is -3.22. The van der Waals surface area contributed by atoms with Crippen LogP contribution < -0.4 is 20.3 Å². The second-order valence-electron chi connectivity index (χ2n) is 7.76. The molecule has 2 aromatic rings. The summed E-state index contributed by atoms with van der Waals surface area (Å²) in [5, 5.41) is 5.81. The van der Waals surface area contributed by atoms with Gasteiger partial charge in [-0.3, -0.25) is 4.79 Å². The van der Waals surface area contributed by atoms with Crippen molar-refractivity contribution in [2.75, 3.05) is 50.1 Å². The maximum Gasteiger partial charge on any atom is 0.321 e. The molecule has 1 aliphatic heterocycles. The molecule has 2 N–H and O–H groups in total. The Morgan fingerprint density at radius 1 is 1.00 bits per heavy atom. The number of amides is 3. The molecule has 2 aromatic carbocycles. The van der Waals surface area contributed by atoms with Crippen LogP contribution in [0.5, 0.6) is 5.75 Å². The Morgan fingerprint density at radius 3 is 2.30 bits per heavy atom. The molecule has 0 spiro atoms. The van der Waals surface area contributed by atoms with Crippen LogP contribution in [-0.4, -0.2) is 56.7 Å². The average molecular weight is 411 g/mol. The predicted octanol–water partition coefficient (Wildman–Crippen LogP) is 3.44. The molecule has 160 valence electrons. The number of benzene rings is 2. The van der Waals surface area contributed by atoms with E-state index in [1.807, 2.05) is 24.3 Å². The minimum absolute atomic E-state index is 0.103. The van der Waals surface area contributed by atoms with Gasteiger partial charge in [-0.15, -0.1) is 0 Å². The van der Waals surface area contributed by atoms with Crippen molar-refractivity contribution >= 4 is 23.3 Å². The number of carbonyl (C=O) groups is 2. The molecular formula is C23H30N4O3. The average Bonchev–Trinajstić information content (AvgIpc) is 2.78. The minimum atomic E-state index is -0.133. The smallest absolute Gasteiger partial charge is 0.321 e. The van der Waals surface area contributed by atoms with Crippen molar-refractivity contribution in [3.05, 3.63) is 54.1 Å². The summed E-state index contributed by atoms with van der Waals surface area (Å²) in [6.07, 6.45) is 0. The second-order valence-corrected chi connectivity index (χ2v) is 7.76. The highest BCUT2D eigenvalue weighted by Crippen LogP contribution is 2.28. The van der Waals surface area contributed by atoms with Crippen molar-refractivity contribution in [1.29, 1.82) is 0 Å². The Bertz CT molecular complexity index is 859. The Labute approximate surface area is 178 Å². The van der Waals surface area contributed by atoms with Gasteiger partial charge in [-0.05, 0) is 42.3 Å². The number of hydrogen-bond donors (Lipinski definition) is 2. The number of hydrogen-bond acceptors (Lipinski definition) is 4. The van der Waals surface area contributed by atoms with Crippen LogP contribution in [0, 0.1) is 5.92 Å². The summed E-state index contributed by atoms with van der Waals surface area (Å²) in [5.41, 5.74) is 2.30. The quantitative estimate of drug-likeness (QED) is 0.765. The van der Waals surface area contributed by atoms with Crippen LogP contribution in [0.25, 0.3) is 0 Å². The molecule has 7 nitrogen and oxygen atoms in total. The zero-order valence-corrected chi connectivity index (χ0v) is 17.9. The van der Waals surface area contributed by atoms with Gasteiger partial charge >= 0.3 is 6.03 Å². The number of rotatable bonds is 6. The fraction of sp³-hybridized carbons (Fsp3) is 0.391. The summed E-state index contributed by atoms with van der Waals surface area (Å²) in [4.78, 5) is 28.8. The number of nitrogens with one attached hydrogen (secondary N) is 2. The third-order valence-electron chi connectivity index (χ3n) is 5.06. The van der Waals surface area contributed by atoms with Gasteiger partial charge in [0.25, 0.3) is 5.91 Å². The largest absolute Gasteiger partial charge is 0.495 e. The van der Waals surface area contributed by atoms with E-state index < -0.39 is 0 Å². The molecule has 1 heterocycles. The van der Waals surface area contributed by atoms with E-state index in [0.29, 0.717) is 36.8 Å². The van der Waals surface area contributed by atoms with E-state index in [-0.39, 0.29) is 11.9 Å². The predicted molar refractivity (Wildman–Crippen MR) is 119 cm³/mol. The molecule has 0 saturated carbocycles. The van der Waals surface area contributed by atoms with E-state index in [2.05, 4.69) is 29.4 Å². The van der Waals surface area contributed by atoms with Crippen molar-refractivity contribution in [3.8, 4) is 5.75 Å². The standard InChI is InChI=1S/C23H30N4O3/c1-17(2)16-24-22(28)18-8-10-19(11-9-18)25-23(29)27-14-12-26(13-15-27)20-6-4-5-7-21(20)30-3/h4-11,17H,12-16H2,1-3H3,(H,24,28)(H,25,29). The lowest BCUT2D eigenvalue weighted by Crippen LogP contribution is -2.50. The number of piperazine rings is 1. The van der Waals surface area contributed by atoms with Crippen LogP contribution in [0.4, 0.5) is 16.2 Å². The normalized spacial score (nSPS) is 13.9. The SMILES string of the molecule is COc1ccccc1N1CCN(C(=O)Nc2ccc(C(=O)NCC(C)C)cc2)CC1. The Morgan fingerprint density at radius 2 is 1.67 bits per heavy atom. The van der Waals surface area contributed by atoms with Gasteiger partial charge in [0.15, 0.2) is 0 Å². The fourth-order valence-corrected chi connectivity index (χ4v) is 3.35. The summed E-state index contributed by atoms with van der Waals surface area (Å²) in [6.45, 7) is 7.47. The molecule has 0 unspecified atom stereocenters. The van der Waals surface area contributed by atoms with Gasteiger partial charge in [-0.25, -0.2) is 4.79 Å². The lowest BCUT2D eigenvalue weighted by Gasteiger charge is -2.36. The van der Waals surface area contributed by atoms with E-state index in [0.717, 1.165) is 24.5 Å². The molecule has 0 aromatic heterocycles. The van der Waals surface area contributed by atoms with Crippen LogP contribution in [0.1, 0.15) is 24.2 Å². The number of anilines is 2. The number of para-hydroxylation sites is 2. The molecule has 0 bridgehead atoms. The fourth-order valence-electron chi connectivity index (χ4n) is 3.35. The van der Waals surface area contributed by atoms with E-state index in [1.165, 1.54) is 0 Å². The maximum absolute atomic E-state index is 12.6. The molecule has 7 heteroatoms. The number of nitrogens with zero attached hydrogens (tertiary/aromatic N) is 2. The van der Waals surface area contributed by atoms with Gasteiger partial charge in [-0.2, -0.15) is 0 Å². The Balaban J connectivity index is 1.51. The first-order valence-corrected chi connectivity index (χ1v) is 10.3. The van der Waals surface area contributed by atoms with Crippen LogP contribution in [0.15, 0.2) is 48.5 Å². The lowest BCUT2D eigenvalue weighted by molar-refractivity contribution is 0.0949. The van der Waals surface area contributed by atoms with Crippen LogP contribution in [0.2, 0.25) is 0 Å². The highest BCUT2D eigenvalue weighted by Gasteiger charge is 2.23. The van der Waals surface area contributed by atoms with Crippen molar-refractivity contribution < 1.29 is 14.3 Å². The molecule has 3 rings (SSSR count). The Kier molecular flexibility index (Phi) is 7.17. The van der Waals surface area contributed by atoms with E-state index in [4.69, 9.17) is 4.74 Å². The summed E-state index contributed by atoms with van der Waals surface area (Å²) in [6, 6.07) is 14.8. The van der Waals surface area contributed by atoms with Crippen LogP contribution in [0.3, 0.4) is 0 Å². The molecule has 0 aliphatic carbocycles. The van der Waals surface area contributed by atoms with Gasteiger partial charge in [-0.1, -0.05) is 26.0 Å². The topological polar surface area (TPSA) is 73.9 Å². The second kappa shape index (κ2) is 10.0. The van der Waals surface area contributed by atoms with Crippen LogP contribution >= 0.6 is 0 Å². The van der Waals surface area contributed by atoms with Crippen LogP contribution in [-0.2, 0) is 0 Å². The number of carbonyl (C=O) groups excluding carboxylic acids is 2. The number of ether oxygens (including phenoxy) is 1. The highest BCUT2D eigenvalue weighted by molar-refractivity contribution is 5.95. The van der Waals surface area contributed by atoms with Gasteiger partial charge in [0, 0.05) is 44.0 Å². The summed E-state index contributed by atoms with van der Waals surface area (Å²) < 4.78 is 5.44. The summed E-state index contributed by atoms with van der Waals surface area (Å²) >= 11 is 0. The molecule has 0 atom stereocenters. The maximum atomic E-state index is 12.6. The molecule has 3 amide bonds. The zero-order valence-electron chi connectivity index (χ0n) is 17.9. The third-order valence-corrected chi connectivity index (χ3v) is 5.06. The minimum Gasteiger partial charge on any atom is -0.495 e. The van der Waals surface area contributed by atoms with E-state index in [1.54, 1.807) is 36.3 Å². The molecular weight excluding hydrogens is 380 g/mol. The number of methoxy groups -OCH3 is 1. The molecule has 1 saturated heterocycles. The molecule has 30 heavy (non-hydrogen) atoms. The van der Waals surface area contributed by atoms with Gasteiger partial charge in [0.05, 0.1) is 12.8 Å². The lowest BCUT2D eigenvalue weighted by atomic mass is 10.1. The first-order chi connectivity index (χ1) is 14.5. The van der Waals surface area contributed by atoms with E-state index >= 15 is 0 Å². The van der Waals surface area contributed by atoms with Gasteiger partial charge in [0.1, 0.15) is 5.75 Å². The van der Waals surface area contributed by atoms with Gasteiger partial charge < -0.3 is 25.2 Å². The zero-order chi connectivity index (χ0) is 21.5. The first kappa shape index (κ1) is 21.5. The highest BCUT2D eigenvalue weighted by atomic mass is 16.5. The van der Waals surface area contributed by atoms with E-state index in [9.17, 15) is 9.59 Å². The van der Waals surface area contributed by atoms with Crippen molar-refractivity contribution in [2.45, 2.75) is 13.8 Å². The third kappa shape index (κ3) is 5.43. The summed E-state index contributed by atoms with van der Waals surface area (Å²) in [5.74, 6) is 1.14. The molecule has 1 aliphatic rings. The number of urea groups is 1. The summed E-state index contributed by atoms with van der Waals surface area (Å²) in [7, 11) is 1.67.